The van der Waals surface area contributed by atoms with Crippen molar-refractivity contribution in [3.8, 4) is 0 Å². The number of nitro groups is 1. The highest BCUT2D eigenvalue weighted by molar-refractivity contribution is 5.85. The quantitative estimate of drug-likeness (QED) is 0.498. The molecular formula is C11H15ClN2O4. The van der Waals surface area contributed by atoms with Crippen molar-refractivity contribution < 1.29 is 14.5 Å². The number of rotatable bonds is 5. The van der Waals surface area contributed by atoms with Crippen LogP contribution in [0.15, 0.2) is 24.3 Å². The molecule has 0 saturated heterocycles. The Labute approximate surface area is 111 Å². The van der Waals surface area contributed by atoms with Gasteiger partial charge in [0.15, 0.2) is 0 Å². The molecule has 0 aliphatic heterocycles. The van der Waals surface area contributed by atoms with Crippen molar-refractivity contribution in [2.75, 3.05) is 7.11 Å². The van der Waals surface area contributed by atoms with Gasteiger partial charge in [-0.25, -0.2) is 0 Å². The first kappa shape index (κ1) is 16.3. The molecule has 0 aliphatic carbocycles. The Bertz CT molecular complexity index is 408. The molecule has 0 fully saturated rings. The zero-order valence-corrected chi connectivity index (χ0v) is 10.7. The predicted octanol–water partition coefficient (Wildman–Crippen LogP) is 1.45. The van der Waals surface area contributed by atoms with Crippen molar-refractivity contribution >= 4 is 24.1 Å². The summed E-state index contributed by atoms with van der Waals surface area (Å²) in [5.41, 5.74) is 6.64. The van der Waals surface area contributed by atoms with Crippen molar-refractivity contribution in [1.29, 1.82) is 0 Å². The highest BCUT2D eigenvalue weighted by atomic mass is 35.5. The van der Waals surface area contributed by atoms with E-state index in [-0.39, 0.29) is 36.5 Å². The molecule has 0 saturated carbocycles. The van der Waals surface area contributed by atoms with Crippen molar-refractivity contribution in [2.24, 2.45) is 5.73 Å². The lowest BCUT2D eigenvalue weighted by Crippen LogP contribution is -2.26. The van der Waals surface area contributed by atoms with Gasteiger partial charge in [0.2, 0.25) is 0 Å². The lowest BCUT2D eigenvalue weighted by atomic mass is 10.0. The first-order chi connectivity index (χ1) is 8.02. The monoisotopic (exact) mass is 274 g/mol. The number of nitrogens with two attached hydrogens (primary N) is 1. The Morgan fingerprint density at radius 3 is 2.44 bits per heavy atom. The van der Waals surface area contributed by atoms with Gasteiger partial charge in [-0.3, -0.25) is 14.9 Å². The molecule has 1 atom stereocenters. The maximum atomic E-state index is 11.0. The molecule has 6 nitrogen and oxygen atoms in total. The second-order valence-electron chi connectivity index (χ2n) is 3.67. The smallest absolute Gasteiger partial charge is 0.307 e. The number of nitro benzene ring substituents is 1. The number of esters is 1. The number of carbonyl (C=O) groups excluding carboxylic acids is 1. The Morgan fingerprint density at radius 2 is 2.00 bits per heavy atom. The van der Waals surface area contributed by atoms with Gasteiger partial charge in [-0.2, -0.15) is 0 Å². The summed E-state index contributed by atoms with van der Waals surface area (Å²) in [5, 5.41) is 10.4. The highest BCUT2D eigenvalue weighted by Gasteiger charge is 2.11. The third-order valence-electron chi connectivity index (χ3n) is 2.30. The van der Waals surface area contributed by atoms with Crippen LogP contribution in [0.3, 0.4) is 0 Å². The van der Waals surface area contributed by atoms with Gasteiger partial charge in [-0.05, 0) is 12.0 Å². The van der Waals surface area contributed by atoms with E-state index >= 15 is 0 Å². The maximum Gasteiger partial charge on any atom is 0.307 e. The van der Waals surface area contributed by atoms with Crippen LogP contribution in [0.25, 0.3) is 0 Å². The van der Waals surface area contributed by atoms with Crippen LogP contribution in [0.2, 0.25) is 0 Å². The number of hydrogen-bond acceptors (Lipinski definition) is 5. The predicted molar refractivity (Wildman–Crippen MR) is 68.7 cm³/mol. The number of halogens is 1. The van der Waals surface area contributed by atoms with Crippen LogP contribution in [-0.2, 0) is 16.0 Å². The second-order valence-corrected chi connectivity index (χ2v) is 3.67. The highest BCUT2D eigenvalue weighted by Crippen LogP contribution is 2.13. The van der Waals surface area contributed by atoms with Crippen LogP contribution in [-0.4, -0.2) is 24.0 Å². The fourth-order valence-electron chi connectivity index (χ4n) is 1.43. The third-order valence-corrected chi connectivity index (χ3v) is 2.30. The molecule has 2 N–H and O–H groups in total. The van der Waals surface area contributed by atoms with Crippen LogP contribution in [0.1, 0.15) is 12.0 Å². The summed E-state index contributed by atoms with van der Waals surface area (Å²) in [6.07, 6.45) is 0.612. The molecule has 1 unspecified atom stereocenters. The first-order valence-corrected chi connectivity index (χ1v) is 5.08. The molecule has 0 radical (unpaired) electrons. The minimum absolute atomic E-state index is 0. The number of non-ortho nitro benzene ring substituents is 1. The summed E-state index contributed by atoms with van der Waals surface area (Å²) in [6, 6.07) is 5.76. The lowest BCUT2D eigenvalue weighted by Gasteiger charge is -2.09. The normalized spacial score (nSPS) is 11.2. The van der Waals surface area contributed by atoms with Crippen LogP contribution in [0.5, 0.6) is 0 Å². The van der Waals surface area contributed by atoms with E-state index in [1.54, 1.807) is 12.1 Å². The Balaban J connectivity index is 0.00000289. The van der Waals surface area contributed by atoms with Gasteiger partial charge < -0.3 is 10.5 Å². The average Bonchev–Trinajstić information content (AvgIpc) is 2.29. The molecule has 1 aromatic carbocycles. The molecule has 1 aromatic rings. The Morgan fingerprint density at radius 1 is 1.44 bits per heavy atom. The van der Waals surface area contributed by atoms with Gasteiger partial charge in [-0.15, -0.1) is 12.4 Å². The summed E-state index contributed by atoms with van der Waals surface area (Å²) >= 11 is 0. The molecule has 18 heavy (non-hydrogen) atoms. The Kier molecular flexibility index (Phi) is 6.92. The van der Waals surface area contributed by atoms with E-state index in [0.29, 0.717) is 6.42 Å². The molecule has 0 aromatic heterocycles. The van der Waals surface area contributed by atoms with Crippen molar-refractivity contribution in [3.63, 3.8) is 0 Å². The number of benzene rings is 1. The Hall–Kier alpha value is -1.66. The van der Waals surface area contributed by atoms with Crippen LogP contribution in [0.4, 0.5) is 5.69 Å². The number of carbonyl (C=O) groups is 1. The van der Waals surface area contributed by atoms with Gasteiger partial charge in [-0.1, -0.05) is 12.1 Å². The number of hydrogen-bond donors (Lipinski definition) is 1. The van der Waals surface area contributed by atoms with E-state index in [0.717, 1.165) is 5.56 Å². The number of nitrogens with zero attached hydrogens (tertiary/aromatic N) is 1. The van der Waals surface area contributed by atoms with Gasteiger partial charge in [0.1, 0.15) is 0 Å². The minimum atomic E-state index is -0.460. The first-order valence-electron chi connectivity index (χ1n) is 5.08. The topological polar surface area (TPSA) is 95.5 Å². The largest absolute Gasteiger partial charge is 0.469 e. The molecule has 0 amide bonds. The molecular weight excluding hydrogens is 260 g/mol. The van der Waals surface area contributed by atoms with Crippen LogP contribution >= 0.6 is 12.4 Å². The molecule has 1 rings (SSSR count). The molecule has 0 spiro atoms. The summed E-state index contributed by atoms with van der Waals surface area (Å²) in [4.78, 5) is 20.9. The summed E-state index contributed by atoms with van der Waals surface area (Å²) in [5.74, 6) is -0.362. The van der Waals surface area contributed by atoms with Crippen LogP contribution in [0, 0.1) is 10.1 Å². The van der Waals surface area contributed by atoms with Crippen molar-refractivity contribution in [1.82, 2.24) is 0 Å². The molecule has 100 valence electrons. The zero-order valence-electron chi connectivity index (χ0n) is 9.87. The summed E-state index contributed by atoms with van der Waals surface area (Å²) in [6.45, 7) is 0. The average molecular weight is 275 g/mol. The maximum absolute atomic E-state index is 11.0. The number of methoxy groups -OCH3 is 1. The molecule has 0 heterocycles. The lowest BCUT2D eigenvalue weighted by molar-refractivity contribution is -0.384. The van der Waals surface area contributed by atoms with Crippen molar-refractivity contribution in [2.45, 2.75) is 18.9 Å². The van der Waals surface area contributed by atoms with Crippen LogP contribution < -0.4 is 5.73 Å². The van der Waals surface area contributed by atoms with Gasteiger partial charge in [0.25, 0.3) is 5.69 Å². The third kappa shape index (κ3) is 5.11. The van der Waals surface area contributed by atoms with E-state index in [1.807, 2.05) is 0 Å². The van der Waals surface area contributed by atoms with E-state index in [4.69, 9.17) is 5.73 Å². The zero-order chi connectivity index (χ0) is 12.8. The van der Waals surface area contributed by atoms with E-state index < -0.39 is 4.92 Å². The van der Waals surface area contributed by atoms with Gasteiger partial charge >= 0.3 is 5.97 Å². The molecule has 0 aliphatic rings. The summed E-state index contributed by atoms with van der Waals surface area (Å²) < 4.78 is 4.50. The molecule has 7 heteroatoms. The SMILES string of the molecule is COC(=O)CC(N)Cc1ccc([N+](=O)[O-])cc1.Cl. The summed E-state index contributed by atoms with van der Waals surface area (Å²) in [7, 11) is 1.31. The van der Waals surface area contributed by atoms with E-state index in [2.05, 4.69) is 4.74 Å². The second kappa shape index (κ2) is 7.62. The standard InChI is InChI=1S/C11H14N2O4.ClH/c1-17-11(14)7-9(12)6-8-2-4-10(5-3-8)13(15)16;/h2-5,9H,6-7,12H2,1H3;1H. The number of ether oxygens (including phenoxy) is 1. The van der Waals surface area contributed by atoms with Gasteiger partial charge in [0, 0.05) is 18.2 Å². The molecule has 0 bridgehead atoms. The van der Waals surface area contributed by atoms with Gasteiger partial charge in [0.05, 0.1) is 18.5 Å². The van der Waals surface area contributed by atoms with Crippen molar-refractivity contribution in [3.05, 3.63) is 39.9 Å². The van der Waals surface area contributed by atoms with E-state index in [9.17, 15) is 14.9 Å². The minimum Gasteiger partial charge on any atom is -0.469 e. The fraction of sp³-hybridized carbons (Fsp3) is 0.364. The fourth-order valence-corrected chi connectivity index (χ4v) is 1.43. The van der Waals surface area contributed by atoms with E-state index in [1.165, 1.54) is 19.2 Å².